The van der Waals surface area contributed by atoms with Gasteiger partial charge in [-0.15, -0.1) is 0 Å². The van der Waals surface area contributed by atoms with E-state index in [-0.39, 0.29) is 0 Å². The van der Waals surface area contributed by atoms with Crippen molar-refractivity contribution in [2.24, 2.45) is 0 Å². The molecule has 2 aromatic carbocycles. The molecule has 0 aromatic heterocycles. The molecule has 0 bridgehead atoms. The maximum Gasteiger partial charge on any atom is 0.328 e. The highest BCUT2D eigenvalue weighted by Crippen LogP contribution is 2.23. The Labute approximate surface area is 196 Å². The van der Waals surface area contributed by atoms with Crippen LogP contribution in [0.15, 0.2) is 54.6 Å². The van der Waals surface area contributed by atoms with E-state index >= 15 is 0 Å². The first-order valence-corrected chi connectivity index (χ1v) is 11.7. The summed E-state index contributed by atoms with van der Waals surface area (Å²) in [5, 5.41) is 15.6. The minimum Gasteiger partial charge on any atom is -0.478 e. The Hall–Kier alpha value is -3.12. The molecule has 4 rings (SSSR count). The maximum absolute atomic E-state index is 9.55. The predicted molar refractivity (Wildman–Crippen MR) is 131 cm³/mol. The van der Waals surface area contributed by atoms with Gasteiger partial charge in [0.2, 0.25) is 0 Å². The first-order chi connectivity index (χ1) is 15.9. The van der Waals surface area contributed by atoms with E-state index in [4.69, 9.17) is 10.2 Å². The number of piperazine rings is 1. The third kappa shape index (κ3) is 8.06. The zero-order chi connectivity index (χ0) is 23.6. The molecule has 6 nitrogen and oxygen atoms in total. The number of nitrogens with zero attached hydrogens (tertiary/aromatic N) is 2. The monoisotopic (exact) mass is 450 g/mol. The molecule has 0 amide bonds. The van der Waals surface area contributed by atoms with Crippen LogP contribution in [-0.2, 0) is 29.0 Å². The van der Waals surface area contributed by atoms with Gasteiger partial charge in [0, 0.05) is 50.6 Å². The van der Waals surface area contributed by atoms with E-state index in [0.717, 1.165) is 32.7 Å². The molecule has 6 heteroatoms. The van der Waals surface area contributed by atoms with Gasteiger partial charge in [0.15, 0.2) is 0 Å². The molecule has 1 heterocycles. The van der Waals surface area contributed by atoms with Crippen LogP contribution in [0.25, 0.3) is 0 Å². The van der Waals surface area contributed by atoms with Crippen molar-refractivity contribution >= 4 is 17.6 Å². The number of carboxylic acid groups (broad SMARTS) is 2. The van der Waals surface area contributed by atoms with Crippen molar-refractivity contribution in [2.75, 3.05) is 31.1 Å². The van der Waals surface area contributed by atoms with Crippen LogP contribution in [-0.4, -0.2) is 53.2 Å². The van der Waals surface area contributed by atoms with Gasteiger partial charge >= 0.3 is 11.9 Å². The summed E-state index contributed by atoms with van der Waals surface area (Å²) in [5.74, 6) is -2.51. The van der Waals surface area contributed by atoms with E-state index in [2.05, 4.69) is 59.2 Å². The van der Waals surface area contributed by atoms with Crippen molar-refractivity contribution in [1.82, 2.24) is 4.90 Å². The van der Waals surface area contributed by atoms with Crippen LogP contribution in [0.3, 0.4) is 0 Å². The van der Waals surface area contributed by atoms with Crippen LogP contribution in [0.4, 0.5) is 5.69 Å². The number of rotatable bonds is 5. The minimum absolute atomic E-state index is 0.558. The zero-order valence-corrected chi connectivity index (χ0v) is 19.4. The normalized spacial score (nSPS) is 16.5. The molecule has 0 saturated carbocycles. The molecule has 33 heavy (non-hydrogen) atoms. The van der Waals surface area contributed by atoms with Crippen LogP contribution in [0, 0.1) is 6.92 Å². The Bertz CT molecular complexity index is 945. The van der Waals surface area contributed by atoms with Crippen molar-refractivity contribution in [3.05, 3.63) is 76.9 Å². The van der Waals surface area contributed by atoms with Gasteiger partial charge in [0.05, 0.1) is 0 Å². The fourth-order valence-electron chi connectivity index (χ4n) is 4.38. The van der Waals surface area contributed by atoms with Gasteiger partial charge in [-0.1, -0.05) is 42.3 Å². The quantitative estimate of drug-likeness (QED) is 0.522. The fraction of sp³-hybridized carbons (Fsp3) is 0.407. The van der Waals surface area contributed by atoms with Crippen LogP contribution < -0.4 is 4.90 Å². The predicted octanol–water partition coefficient (Wildman–Crippen LogP) is 4.30. The Balaban J connectivity index is 0.000000331. The smallest absolute Gasteiger partial charge is 0.328 e. The maximum atomic E-state index is 9.55. The highest BCUT2D eigenvalue weighted by atomic mass is 16.4. The average Bonchev–Trinajstić information content (AvgIpc) is 3.04. The number of hydrogen-bond acceptors (Lipinski definition) is 4. The average molecular weight is 451 g/mol. The standard InChI is InChI=1S/C23H30N2.C4H4O4/c1-19-7-11-23(12-8-19)25-15-13-24(14-16-25)18-20-9-10-21-5-3-2-4-6-22(21)17-20;5-3(6)1-2-4(7)8/h7-12,17H,2-6,13-16,18H2,1H3;1-2H,(H,5,6)(H,7,8)/b;2-1-. The SMILES string of the molecule is Cc1ccc(N2CCN(Cc3ccc4c(c3)CCCCC4)CC2)cc1.O=C(O)/C=C\C(=O)O. The second-order valence-corrected chi connectivity index (χ2v) is 8.77. The summed E-state index contributed by atoms with van der Waals surface area (Å²) in [6.45, 7) is 7.84. The van der Waals surface area contributed by atoms with E-state index in [1.165, 1.54) is 48.9 Å². The van der Waals surface area contributed by atoms with E-state index < -0.39 is 11.9 Å². The number of hydrogen-bond donors (Lipinski definition) is 2. The van der Waals surface area contributed by atoms with Gasteiger partial charge in [-0.05, 0) is 61.4 Å². The second kappa shape index (κ2) is 12.2. The van der Waals surface area contributed by atoms with Gasteiger partial charge in [-0.3, -0.25) is 4.90 Å². The highest BCUT2D eigenvalue weighted by molar-refractivity contribution is 5.89. The molecule has 1 aliphatic heterocycles. The van der Waals surface area contributed by atoms with Gasteiger partial charge < -0.3 is 15.1 Å². The molecule has 2 N–H and O–H groups in total. The highest BCUT2D eigenvalue weighted by Gasteiger charge is 2.18. The summed E-state index contributed by atoms with van der Waals surface area (Å²) >= 11 is 0. The van der Waals surface area contributed by atoms with Crippen molar-refractivity contribution < 1.29 is 19.8 Å². The first-order valence-electron chi connectivity index (χ1n) is 11.7. The van der Waals surface area contributed by atoms with Crippen molar-refractivity contribution in [3.63, 3.8) is 0 Å². The van der Waals surface area contributed by atoms with Crippen molar-refractivity contribution in [2.45, 2.75) is 45.6 Å². The Morgan fingerprint density at radius 1 is 0.818 bits per heavy atom. The lowest BCUT2D eigenvalue weighted by Crippen LogP contribution is -2.45. The summed E-state index contributed by atoms with van der Waals surface area (Å²) in [4.78, 5) is 24.2. The molecule has 0 radical (unpaired) electrons. The number of carbonyl (C=O) groups is 2. The molecule has 0 atom stereocenters. The Kier molecular flexibility index (Phi) is 9.07. The first kappa shape index (κ1) is 24.5. The molecule has 0 spiro atoms. The van der Waals surface area contributed by atoms with E-state index in [1.807, 2.05) is 0 Å². The van der Waals surface area contributed by atoms with Crippen LogP contribution in [0.5, 0.6) is 0 Å². The lowest BCUT2D eigenvalue weighted by molar-refractivity contribution is -0.134. The molecule has 176 valence electrons. The molecule has 0 unspecified atom stereocenters. The van der Waals surface area contributed by atoms with Gasteiger partial charge in [-0.2, -0.15) is 0 Å². The summed E-state index contributed by atoms with van der Waals surface area (Å²) in [7, 11) is 0. The minimum atomic E-state index is -1.26. The Morgan fingerprint density at radius 2 is 1.42 bits per heavy atom. The molecular formula is C27H34N2O4. The number of fused-ring (bicyclic) bond motifs is 1. The third-order valence-corrected chi connectivity index (χ3v) is 6.21. The van der Waals surface area contributed by atoms with Crippen molar-refractivity contribution in [1.29, 1.82) is 0 Å². The molecule has 2 aromatic rings. The lowest BCUT2D eigenvalue weighted by atomic mass is 10.00. The van der Waals surface area contributed by atoms with E-state index in [0.29, 0.717) is 12.2 Å². The number of carboxylic acids is 2. The van der Waals surface area contributed by atoms with Gasteiger partial charge in [0.25, 0.3) is 0 Å². The lowest BCUT2D eigenvalue weighted by Gasteiger charge is -2.36. The summed E-state index contributed by atoms with van der Waals surface area (Å²) in [5.41, 5.74) is 7.43. The van der Waals surface area contributed by atoms with E-state index in [9.17, 15) is 9.59 Å². The van der Waals surface area contributed by atoms with Crippen molar-refractivity contribution in [3.8, 4) is 0 Å². The van der Waals surface area contributed by atoms with E-state index in [1.54, 1.807) is 11.1 Å². The van der Waals surface area contributed by atoms with Crippen LogP contribution >= 0.6 is 0 Å². The second-order valence-electron chi connectivity index (χ2n) is 8.77. The summed E-state index contributed by atoms with van der Waals surface area (Å²) in [6.07, 6.45) is 7.81. The van der Waals surface area contributed by atoms with Gasteiger partial charge in [0.1, 0.15) is 0 Å². The zero-order valence-electron chi connectivity index (χ0n) is 19.4. The summed E-state index contributed by atoms with van der Waals surface area (Å²) in [6, 6.07) is 16.2. The van der Waals surface area contributed by atoms with Crippen LogP contribution in [0.1, 0.15) is 41.5 Å². The largest absolute Gasteiger partial charge is 0.478 e. The fourth-order valence-corrected chi connectivity index (χ4v) is 4.38. The van der Waals surface area contributed by atoms with Gasteiger partial charge in [-0.25, -0.2) is 9.59 Å². The molecule has 1 fully saturated rings. The summed E-state index contributed by atoms with van der Waals surface area (Å²) < 4.78 is 0. The molecular weight excluding hydrogens is 416 g/mol. The number of aliphatic carboxylic acids is 2. The Morgan fingerprint density at radius 3 is 2.03 bits per heavy atom. The number of benzene rings is 2. The number of aryl methyl sites for hydroxylation is 3. The molecule has 1 saturated heterocycles. The molecule has 1 aliphatic carbocycles. The third-order valence-electron chi connectivity index (χ3n) is 6.21. The molecule has 2 aliphatic rings. The number of anilines is 1. The topological polar surface area (TPSA) is 81.1 Å². The van der Waals surface area contributed by atoms with Crippen LogP contribution in [0.2, 0.25) is 0 Å².